The molecule has 0 aromatic carbocycles. The van der Waals surface area contributed by atoms with Gasteiger partial charge in [-0.15, -0.1) is 0 Å². The average Bonchev–Trinajstić information content (AvgIpc) is 3.42. The topological polar surface area (TPSA) is 237 Å². The van der Waals surface area contributed by atoms with E-state index in [1.165, 1.54) is 103 Å². The second-order valence-electron chi connectivity index (χ2n) is 22.6. The third-order valence-corrected chi connectivity index (χ3v) is 15.9. The summed E-state index contributed by atoms with van der Waals surface area (Å²) in [5.74, 6) is -1.39. The van der Waals surface area contributed by atoms with Crippen LogP contribution in [0.15, 0.2) is 0 Å². The number of unbranched alkanes of at least 4 members (excludes halogenated alkanes) is 33. The van der Waals surface area contributed by atoms with Crippen LogP contribution >= 0.6 is 15.6 Å². The fourth-order valence-corrected chi connectivity index (χ4v) is 10.6. The first-order valence-electron chi connectivity index (χ1n) is 32.1. The van der Waals surface area contributed by atoms with Gasteiger partial charge in [0, 0.05) is 25.7 Å². The molecule has 0 aromatic heterocycles. The highest BCUT2D eigenvalue weighted by molar-refractivity contribution is 7.47. The number of ether oxygens (including phenoxy) is 4. The molecule has 0 aliphatic rings. The number of aliphatic hydroxyl groups excluding tert-OH is 1. The molecule has 0 saturated heterocycles. The van der Waals surface area contributed by atoms with Gasteiger partial charge >= 0.3 is 39.5 Å². The van der Waals surface area contributed by atoms with E-state index in [9.17, 15) is 43.2 Å². The second-order valence-corrected chi connectivity index (χ2v) is 25.5. The Kier molecular flexibility index (Phi) is 53.6. The highest BCUT2D eigenvalue weighted by Gasteiger charge is 2.30. The lowest BCUT2D eigenvalue weighted by Gasteiger charge is -2.21. The lowest BCUT2D eigenvalue weighted by Crippen LogP contribution is -2.30. The summed E-state index contributed by atoms with van der Waals surface area (Å²) in [4.78, 5) is 71.8. The Morgan fingerprint density at radius 2 is 0.575 bits per heavy atom. The van der Waals surface area contributed by atoms with Crippen LogP contribution in [-0.2, 0) is 65.4 Å². The van der Waals surface area contributed by atoms with E-state index in [1.807, 2.05) is 0 Å². The smallest absolute Gasteiger partial charge is 0.462 e. The van der Waals surface area contributed by atoms with Gasteiger partial charge in [-0.25, -0.2) is 9.13 Å². The molecule has 0 amide bonds. The van der Waals surface area contributed by atoms with Crippen molar-refractivity contribution < 1.29 is 80.2 Å². The van der Waals surface area contributed by atoms with Crippen molar-refractivity contribution in [2.24, 2.45) is 5.92 Å². The van der Waals surface area contributed by atoms with Gasteiger partial charge in [0.2, 0.25) is 0 Å². The first kappa shape index (κ1) is 78.1. The van der Waals surface area contributed by atoms with Gasteiger partial charge in [-0.1, -0.05) is 253 Å². The maximum Gasteiger partial charge on any atom is 0.472 e. The lowest BCUT2D eigenvalue weighted by atomic mass is 10.0. The van der Waals surface area contributed by atoms with Crippen LogP contribution in [0.1, 0.15) is 304 Å². The van der Waals surface area contributed by atoms with Crippen LogP contribution in [0.2, 0.25) is 0 Å². The minimum Gasteiger partial charge on any atom is -0.462 e. The van der Waals surface area contributed by atoms with Gasteiger partial charge in [0.25, 0.3) is 0 Å². The first-order valence-corrected chi connectivity index (χ1v) is 35.1. The second kappa shape index (κ2) is 55.0. The SMILES string of the molecule is CCCCCCCCCCCCCCCC(=O)OC[C@H](COP(=O)(O)OC[C@@H](O)COP(=O)(O)OC[C@@H](COC(=O)CCCCCCCCC)OC(=O)CCCCCCCCC)OC(=O)CCCCCCCCCCCCC(C)C. The Bertz CT molecular complexity index is 1570. The number of phosphoric ester groups is 2. The number of hydrogen-bond donors (Lipinski definition) is 3. The van der Waals surface area contributed by atoms with E-state index >= 15 is 0 Å². The highest BCUT2D eigenvalue weighted by atomic mass is 31.2. The van der Waals surface area contributed by atoms with E-state index in [0.29, 0.717) is 25.7 Å². The van der Waals surface area contributed by atoms with Gasteiger partial charge in [0.1, 0.15) is 19.3 Å². The van der Waals surface area contributed by atoms with Crippen molar-refractivity contribution >= 4 is 39.5 Å². The van der Waals surface area contributed by atoms with Crippen LogP contribution in [0.3, 0.4) is 0 Å². The van der Waals surface area contributed by atoms with Crippen molar-refractivity contribution in [1.82, 2.24) is 0 Å². The Labute approximate surface area is 486 Å². The van der Waals surface area contributed by atoms with Crippen molar-refractivity contribution in [3.63, 3.8) is 0 Å². The third-order valence-electron chi connectivity index (χ3n) is 14.0. The number of aliphatic hydroxyl groups is 1. The minimum absolute atomic E-state index is 0.103. The number of carbonyl (C=O) groups is 4. The molecule has 0 saturated carbocycles. The monoisotopic (exact) mass is 1180 g/mol. The standard InChI is InChI=1S/C61H118O17P2/c1-6-9-12-15-18-19-20-21-22-26-31-35-40-45-59(64)72-51-57(78-61(66)47-42-37-32-27-24-23-25-30-33-38-43-54(4)5)53-76-80(69,70)74-49-55(62)48-73-79(67,68)75-52-56(77-60(65)46-41-36-29-17-14-11-8-3)50-71-58(63)44-39-34-28-16-13-10-7-2/h54-57,62H,6-53H2,1-5H3,(H,67,68)(H,69,70)/t55-,56+,57+/m0/s1. The van der Waals surface area contributed by atoms with Crippen molar-refractivity contribution in [1.29, 1.82) is 0 Å². The molecule has 5 atom stereocenters. The Balaban J connectivity index is 5.19. The fraction of sp³-hybridized carbons (Fsp3) is 0.934. The van der Waals surface area contributed by atoms with Crippen LogP contribution in [0.25, 0.3) is 0 Å². The summed E-state index contributed by atoms with van der Waals surface area (Å²) in [6.07, 6.45) is 37.8. The number of hydrogen-bond acceptors (Lipinski definition) is 15. The van der Waals surface area contributed by atoms with Gasteiger partial charge in [-0.05, 0) is 31.6 Å². The molecule has 19 heteroatoms. The predicted molar refractivity (Wildman–Crippen MR) is 317 cm³/mol. The molecule has 0 bridgehead atoms. The molecule has 0 radical (unpaired) electrons. The van der Waals surface area contributed by atoms with Crippen LogP contribution in [0, 0.1) is 5.92 Å². The summed E-state index contributed by atoms with van der Waals surface area (Å²) in [7, 11) is -9.87. The third kappa shape index (κ3) is 55.3. The van der Waals surface area contributed by atoms with Crippen molar-refractivity contribution in [2.45, 2.75) is 323 Å². The van der Waals surface area contributed by atoms with E-state index < -0.39 is 97.5 Å². The van der Waals surface area contributed by atoms with E-state index in [0.717, 1.165) is 121 Å². The van der Waals surface area contributed by atoms with Gasteiger partial charge in [-0.3, -0.25) is 37.3 Å². The summed E-state index contributed by atoms with van der Waals surface area (Å²) in [5, 5.41) is 10.5. The molecule has 0 heterocycles. The maximum atomic E-state index is 12.9. The van der Waals surface area contributed by atoms with Gasteiger partial charge in [0.05, 0.1) is 26.4 Å². The lowest BCUT2D eigenvalue weighted by molar-refractivity contribution is -0.161. The van der Waals surface area contributed by atoms with Gasteiger partial charge in [-0.2, -0.15) is 0 Å². The molecule has 0 aromatic rings. The number of carbonyl (C=O) groups excluding carboxylic acids is 4. The quantitative estimate of drug-likeness (QED) is 0.0222. The molecule has 0 aliphatic heterocycles. The van der Waals surface area contributed by atoms with Crippen LogP contribution in [0.5, 0.6) is 0 Å². The zero-order valence-electron chi connectivity index (χ0n) is 51.2. The molecule has 3 N–H and O–H groups in total. The van der Waals surface area contributed by atoms with E-state index in [2.05, 4.69) is 34.6 Å². The predicted octanol–water partition coefficient (Wildman–Crippen LogP) is 16.6. The van der Waals surface area contributed by atoms with Crippen LogP contribution in [0.4, 0.5) is 0 Å². The first-order chi connectivity index (χ1) is 38.5. The number of rotatable bonds is 61. The summed E-state index contributed by atoms with van der Waals surface area (Å²) in [6, 6.07) is 0. The molecular weight excluding hydrogens is 1070 g/mol. The van der Waals surface area contributed by atoms with E-state index in [-0.39, 0.29) is 25.7 Å². The van der Waals surface area contributed by atoms with Crippen molar-refractivity contribution in [3.8, 4) is 0 Å². The van der Waals surface area contributed by atoms with E-state index in [1.54, 1.807) is 0 Å². The Morgan fingerprint density at radius 3 is 0.850 bits per heavy atom. The van der Waals surface area contributed by atoms with Gasteiger partial charge < -0.3 is 33.8 Å². The van der Waals surface area contributed by atoms with Gasteiger partial charge in [0.15, 0.2) is 12.2 Å². The molecule has 474 valence electrons. The Morgan fingerprint density at radius 1 is 0.338 bits per heavy atom. The number of phosphoric acid groups is 2. The molecule has 0 rings (SSSR count). The van der Waals surface area contributed by atoms with E-state index in [4.69, 9.17) is 37.0 Å². The highest BCUT2D eigenvalue weighted by Crippen LogP contribution is 2.45. The van der Waals surface area contributed by atoms with Crippen LogP contribution in [-0.4, -0.2) is 96.7 Å². The van der Waals surface area contributed by atoms with Crippen molar-refractivity contribution in [2.75, 3.05) is 39.6 Å². The maximum absolute atomic E-state index is 12.9. The minimum atomic E-state index is -4.94. The van der Waals surface area contributed by atoms with Crippen molar-refractivity contribution in [3.05, 3.63) is 0 Å². The zero-order valence-corrected chi connectivity index (χ0v) is 53.0. The summed E-state index contributed by atoms with van der Waals surface area (Å²) in [6.45, 7) is 7.08. The zero-order chi connectivity index (χ0) is 59.2. The molecule has 17 nitrogen and oxygen atoms in total. The largest absolute Gasteiger partial charge is 0.472 e. The molecule has 0 spiro atoms. The van der Waals surface area contributed by atoms with Crippen LogP contribution < -0.4 is 0 Å². The molecular formula is C61H118O17P2. The normalized spacial score (nSPS) is 14.3. The molecule has 80 heavy (non-hydrogen) atoms. The summed E-state index contributed by atoms with van der Waals surface area (Å²) in [5.41, 5.74) is 0. The summed E-state index contributed by atoms with van der Waals surface area (Å²) < 4.78 is 67.7. The molecule has 2 unspecified atom stereocenters. The molecule has 0 aliphatic carbocycles. The summed E-state index contributed by atoms with van der Waals surface area (Å²) >= 11 is 0. The Hall–Kier alpha value is -1.94. The molecule has 0 fully saturated rings. The average molecular weight is 1190 g/mol. The fourth-order valence-electron chi connectivity index (χ4n) is 9.05. The number of esters is 4.